The first-order valence-electron chi connectivity index (χ1n) is 5.63. The van der Waals surface area contributed by atoms with Gasteiger partial charge < -0.3 is 5.11 Å². The van der Waals surface area contributed by atoms with Crippen molar-refractivity contribution in [1.82, 2.24) is 0 Å². The van der Waals surface area contributed by atoms with Crippen molar-refractivity contribution in [3.63, 3.8) is 0 Å². The zero-order valence-corrected chi connectivity index (χ0v) is 10.2. The van der Waals surface area contributed by atoms with Gasteiger partial charge in [-0.3, -0.25) is 0 Å². The van der Waals surface area contributed by atoms with Gasteiger partial charge in [0.25, 0.3) is 0 Å². The maximum atomic E-state index is 9.63. The van der Waals surface area contributed by atoms with Crippen molar-refractivity contribution in [3.8, 4) is 5.75 Å². The van der Waals surface area contributed by atoms with Gasteiger partial charge in [-0.05, 0) is 42.3 Å². The summed E-state index contributed by atoms with van der Waals surface area (Å²) in [5.41, 5.74) is 3.28. The number of rotatable bonds is 3. The molecule has 2 aromatic carbocycles. The van der Waals surface area contributed by atoms with E-state index in [9.17, 15) is 5.11 Å². The van der Waals surface area contributed by atoms with Gasteiger partial charge in [-0.15, -0.1) is 5.11 Å². The van der Waals surface area contributed by atoms with Gasteiger partial charge >= 0.3 is 0 Å². The third-order valence-corrected chi connectivity index (χ3v) is 2.53. The molecule has 3 heteroatoms. The molecule has 0 heterocycles. The van der Waals surface area contributed by atoms with Crippen LogP contribution in [0.5, 0.6) is 5.75 Å². The van der Waals surface area contributed by atoms with E-state index in [4.69, 9.17) is 0 Å². The fourth-order valence-corrected chi connectivity index (χ4v) is 1.50. The zero-order chi connectivity index (χ0) is 13.0. The summed E-state index contributed by atoms with van der Waals surface area (Å²) in [6.45, 7) is 5.63. The summed E-state index contributed by atoms with van der Waals surface area (Å²) < 4.78 is 0. The molecule has 90 valence electrons. The van der Waals surface area contributed by atoms with Gasteiger partial charge in [-0.2, -0.15) is 5.11 Å². The molecule has 0 bridgehead atoms. The number of nitrogens with zero attached hydrogens (tertiary/aromatic N) is 2. The Bertz CT molecular complexity index is 586. The van der Waals surface area contributed by atoms with Crippen molar-refractivity contribution < 1.29 is 5.11 Å². The van der Waals surface area contributed by atoms with E-state index in [0.717, 1.165) is 16.8 Å². The predicted molar refractivity (Wildman–Crippen MR) is 73.6 cm³/mol. The summed E-state index contributed by atoms with van der Waals surface area (Å²) in [6, 6.07) is 12.8. The molecular weight excluding hydrogens is 224 g/mol. The normalized spacial score (nSPS) is 10.7. The lowest BCUT2D eigenvalue weighted by molar-refractivity contribution is 0.476. The lowest BCUT2D eigenvalue weighted by Gasteiger charge is -1.99. The predicted octanol–water partition coefficient (Wildman–Crippen LogP) is 4.76. The van der Waals surface area contributed by atoms with Crippen LogP contribution < -0.4 is 0 Å². The Hall–Kier alpha value is -2.42. The van der Waals surface area contributed by atoms with Crippen LogP contribution in [0.15, 0.2) is 59.3 Å². The summed E-state index contributed by atoms with van der Waals surface area (Å²) in [5.74, 6) is 0.132. The standard InChI is InChI=1S/C15H14N2O/c1-3-12-5-7-13(8-6-12)16-17-14-10-11(2)4-9-15(14)18/h3-10,18H,1H2,2H3. The molecule has 3 nitrogen and oxygen atoms in total. The smallest absolute Gasteiger partial charge is 0.143 e. The minimum Gasteiger partial charge on any atom is -0.506 e. The van der Waals surface area contributed by atoms with E-state index in [1.807, 2.05) is 37.3 Å². The minimum absolute atomic E-state index is 0.132. The Labute approximate surface area is 106 Å². The Morgan fingerprint density at radius 3 is 2.44 bits per heavy atom. The van der Waals surface area contributed by atoms with Gasteiger partial charge in [0.2, 0.25) is 0 Å². The van der Waals surface area contributed by atoms with Gasteiger partial charge in [-0.1, -0.05) is 30.9 Å². The first-order valence-corrected chi connectivity index (χ1v) is 5.63. The number of aryl methyl sites for hydroxylation is 1. The van der Waals surface area contributed by atoms with E-state index >= 15 is 0 Å². The molecule has 0 amide bonds. The Balaban J connectivity index is 2.23. The van der Waals surface area contributed by atoms with Crippen LogP contribution in [-0.2, 0) is 0 Å². The maximum absolute atomic E-state index is 9.63. The molecule has 2 aromatic rings. The quantitative estimate of drug-likeness (QED) is 0.770. The van der Waals surface area contributed by atoms with E-state index in [2.05, 4.69) is 16.8 Å². The second-order valence-electron chi connectivity index (χ2n) is 3.99. The molecule has 0 unspecified atom stereocenters. The molecule has 0 atom stereocenters. The van der Waals surface area contributed by atoms with Crippen LogP contribution in [0.2, 0.25) is 0 Å². The van der Waals surface area contributed by atoms with Crippen LogP contribution >= 0.6 is 0 Å². The van der Waals surface area contributed by atoms with Crippen LogP contribution in [0.1, 0.15) is 11.1 Å². The summed E-state index contributed by atoms with van der Waals surface area (Å²) in [5, 5.41) is 17.8. The van der Waals surface area contributed by atoms with Crippen molar-refractivity contribution in [1.29, 1.82) is 0 Å². The third kappa shape index (κ3) is 2.83. The van der Waals surface area contributed by atoms with Gasteiger partial charge in [0.15, 0.2) is 0 Å². The summed E-state index contributed by atoms with van der Waals surface area (Å²) >= 11 is 0. The summed E-state index contributed by atoms with van der Waals surface area (Å²) in [6.07, 6.45) is 1.77. The van der Waals surface area contributed by atoms with E-state index in [-0.39, 0.29) is 5.75 Å². The average molecular weight is 238 g/mol. The third-order valence-electron chi connectivity index (χ3n) is 2.53. The van der Waals surface area contributed by atoms with Crippen LogP contribution in [0.25, 0.3) is 6.08 Å². The van der Waals surface area contributed by atoms with Crippen molar-refractivity contribution in [3.05, 3.63) is 60.2 Å². The van der Waals surface area contributed by atoms with Crippen LogP contribution in [-0.4, -0.2) is 5.11 Å². The van der Waals surface area contributed by atoms with Gasteiger partial charge in [0, 0.05) is 0 Å². The number of hydrogen-bond donors (Lipinski definition) is 1. The monoisotopic (exact) mass is 238 g/mol. The maximum Gasteiger partial charge on any atom is 0.143 e. The average Bonchev–Trinajstić information content (AvgIpc) is 2.40. The minimum atomic E-state index is 0.132. The first-order chi connectivity index (χ1) is 8.69. The molecular formula is C15H14N2O. The molecule has 0 aromatic heterocycles. The highest BCUT2D eigenvalue weighted by atomic mass is 16.3. The van der Waals surface area contributed by atoms with Crippen LogP contribution in [0.3, 0.4) is 0 Å². The fraction of sp³-hybridized carbons (Fsp3) is 0.0667. The van der Waals surface area contributed by atoms with Crippen LogP contribution in [0, 0.1) is 6.92 Å². The molecule has 2 rings (SSSR count). The van der Waals surface area contributed by atoms with Crippen molar-refractivity contribution >= 4 is 17.5 Å². The Morgan fingerprint density at radius 2 is 1.78 bits per heavy atom. The molecule has 0 saturated carbocycles. The van der Waals surface area contributed by atoms with Crippen molar-refractivity contribution in [2.45, 2.75) is 6.92 Å². The van der Waals surface area contributed by atoms with Gasteiger partial charge in [-0.25, -0.2) is 0 Å². The molecule has 0 saturated heterocycles. The fourth-order valence-electron chi connectivity index (χ4n) is 1.50. The zero-order valence-electron chi connectivity index (χ0n) is 10.2. The topological polar surface area (TPSA) is 45.0 Å². The van der Waals surface area contributed by atoms with E-state index in [1.54, 1.807) is 18.2 Å². The SMILES string of the molecule is C=Cc1ccc(N=Nc2cc(C)ccc2O)cc1. The lowest BCUT2D eigenvalue weighted by Crippen LogP contribution is -1.72. The Morgan fingerprint density at radius 1 is 1.06 bits per heavy atom. The highest BCUT2D eigenvalue weighted by molar-refractivity contribution is 5.54. The van der Waals surface area contributed by atoms with E-state index in [0.29, 0.717) is 5.69 Å². The summed E-state index contributed by atoms with van der Waals surface area (Å²) in [7, 11) is 0. The van der Waals surface area contributed by atoms with Crippen LogP contribution in [0.4, 0.5) is 11.4 Å². The van der Waals surface area contributed by atoms with Gasteiger partial charge in [0.05, 0.1) is 5.69 Å². The van der Waals surface area contributed by atoms with E-state index < -0.39 is 0 Å². The number of aromatic hydroxyl groups is 1. The number of phenolic OH excluding ortho intramolecular Hbond substituents is 1. The molecule has 0 spiro atoms. The Kier molecular flexibility index (Phi) is 3.53. The molecule has 0 radical (unpaired) electrons. The molecule has 0 aliphatic heterocycles. The number of hydrogen-bond acceptors (Lipinski definition) is 3. The molecule has 0 aliphatic rings. The highest BCUT2D eigenvalue weighted by Gasteiger charge is 1.99. The first kappa shape index (κ1) is 12.0. The summed E-state index contributed by atoms with van der Waals surface area (Å²) in [4.78, 5) is 0. The molecule has 18 heavy (non-hydrogen) atoms. The van der Waals surface area contributed by atoms with Crippen molar-refractivity contribution in [2.24, 2.45) is 10.2 Å². The lowest BCUT2D eigenvalue weighted by atomic mass is 10.2. The largest absolute Gasteiger partial charge is 0.506 e. The molecule has 1 N–H and O–H groups in total. The second kappa shape index (κ2) is 5.27. The van der Waals surface area contributed by atoms with Crippen molar-refractivity contribution in [2.75, 3.05) is 0 Å². The number of benzene rings is 2. The number of azo groups is 1. The second-order valence-corrected chi connectivity index (χ2v) is 3.99. The number of phenols is 1. The van der Waals surface area contributed by atoms with Gasteiger partial charge in [0.1, 0.15) is 11.4 Å². The van der Waals surface area contributed by atoms with E-state index in [1.165, 1.54) is 0 Å². The molecule has 0 fully saturated rings. The highest BCUT2D eigenvalue weighted by Crippen LogP contribution is 2.28. The molecule has 0 aliphatic carbocycles.